The second-order valence-electron chi connectivity index (χ2n) is 7.88. The fraction of sp³-hybridized carbons (Fsp3) is 0.0741. The molecule has 6 rings (SSSR count). The molecule has 0 aliphatic carbocycles. The van der Waals surface area contributed by atoms with Gasteiger partial charge in [0, 0.05) is 16.0 Å². The lowest BCUT2D eigenvalue weighted by atomic mass is 10.1. The molecule has 2 aromatic heterocycles. The van der Waals surface area contributed by atoms with Gasteiger partial charge in [0.2, 0.25) is 6.79 Å². The zero-order valence-corrected chi connectivity index (χ0v) is 19.4. The van der Waals surface area contributed by atoms with Gasteiger partial charge in [-0.05, 0) is 54.6 Å². The molecule has 0 unspecified atom stereocenters. The molecule has 3 aromatic carbocycles. The predicted octanol–water partition coefficient (Wildman–Crippen LogP) is 5.21. The molecule has 0 radical (unpaired) electrons. The first-order valence-corrected chi connectivity index (χ1v) is 11.9. The van der Waals surface area contributed by atoms with Crippen LogP contribution in [-0.2, 0) is 6.54 Å². The number of fused-ring (bicyclic) bond motifs is 2. The van der Waals surface area contributed by atoms with Crippen molar-refractivity contribution in [2.24, 2.45) is 0 Å². The number of nitrogens with one attached hydrogen (secondary N) is 1. The molecule has 0 bridgehead atoms. The molecule has 1 aliphatic heterocycles. The lowest BCUT2D eigenvalue weighted by molar-refractivity contribution is 0.0950. The second-order valence-corrected chi connectivity index (χ2v) is 8.97. The Morgan fingerprint density at radius 1 is 0.914 bits per heavy atom. The Morgan fingerprint density at radius 3 is 2.51 bits per heavy atom. The summed E-state index contributed by atoms with van der Waals surface area (Å²) in [7, 11) is 0. The number of aromatic nitrogens is 3. The van der Waals surface area contributed by atoms with Crippen LogP contribution in [0.25, 0.3) is 16.9 Å². The largest absolute Gasteiger partial charge is 0.454 e. The van der Waals surface area contributed by atoms with E-state index >= 15 is 0 Å². The first-order valence-electron chi connectivity index (χ1n) is 11.1. The van der Waals surface area contributed by atoms with Crippen LogP contribution in [0.15, 0.2) is 101 Å². The maximum Gasteiger partial charge on any atom is 0.251 e. The van der Waals surface area contributed by atoms with E-state index in [4.69, 9.17) is 19.6 Å². The van der Waals surface area contributed by atoms with Gasteiger partial charge in [0.1, 0.15) is 5.03 Å². The highest BCUT2D eigenvalue weighted by Crippen LogP contribution is 2.37. The molecule has 172 valence electrons. The van der Waals surface area contributed by atoms with Gasteiger partial charge in [0.05, 0.1) is 17.9 Å². The van der Waals surface area contributed by atoms with Crippen LogP contribution in [0.5, 0.6) is 11.5 Å². The van der Waals surface area contributed by atoms with Crippen LogP contribution >= 0.6 is 11.8 Å². The summed E-state index contributed by atoms with van der Waals surface area (Å²) in [4.78, 5) is 18.7. The third-order valence-corrected chi connectivity index (χ3v) is 6.54. The molecular weight excluding hydrogens is 460 g/mol. The van der Waals surface area contributed by atoms with Gasteiger partial charge in [-0.25, -0.2) is 9.50 Å². The van der Waals surface area contributed by atoms with E-state index in [1.165, 1.54) is 0 Å². The average Bonchev–Trinajstić information content (AvgIpc) is 3.52. The Labute approximate surface area is 205 Å². The lowest BCUT2D eigenvalue weighted by Gasteiger charge is -2.09. The van der Waals surface area contributed by atoms with Crippen molar-refractivity contribution in [2.75, 3.05) is 6.79 Å². The number of hydrogen-bond donors (Lipinski definition) is 1. The van der Waals surface area contributed by atoms with E-state index < -0.39 is 0 Å². The number of amides is 1. The molecule has 35 heavy (non-hydrogen) atoms. The molecule has 0 fully saturated rings. The Balaban J connectivity index is 1.39. The maximum atomic E-state index is 12.8. The van der Waals surface area contributed by atoms with Gasteiger partial charge in [0.15, 0.2) is 17.1 Å². The van der Waals surface area contributed by atoms with Crippen molar-refractivity contribution in [1.82, 2.24) is 19.9 Å². The van der Waals surface area contributed by atoms with Crippen molar-refractivity contribution < 1.29 is 14.3 Å². The van der Waals surface area contributed by atoms with E-state index in [1.54, 1.807) is 28.4 Å². The standard InChI is InChI=1S/C27H20N4O3S/c32-27(18-7-3-1-4-8-18)28-16-21-26(19-11-12-22-23(15-19)34-17-33-22)29-24-13-14-25(30-31(21)24)35-20-9-5-2-6-10-20/h1-15H,16-17H2,(H,28,32). The Hall–Kier alpha value is -4.30. The highest BCUT2D eigenvalue weighted by molar-refractivity contribution is 7.99. The molecule has 0 saturated heterocycles. The molecular formula is C27H20N4O3S. The summed E-state index contributed by atoms with van der Waals surface area (Å²) in [5.74, 6) is 1.22. The highest BCUT2D eigenvalue weighted by Gasteiger charge is 2.20. The van der Waals surface area contributed by atoms with Gasteiger partial charge in [-0.3, -0.25) is 4.79 Å². The molecule has 1 N–H and O–H groups in total. The quantitative estimate of drug-likeness (QED) is 0.360. The van der Waals surface area contributed by atoms with E-state index in [0.717, 1.165) is 26.9 Å². The van der Waals surface area contributed by atoms with Crippen molar-refractivity contribution in [3.63, 3.8) is 0 Å². The first-order chi connectivity index (χ1) is 17.2. The Bertz CT molecular complexity index is 1520. The molecule has 1 aliphatic rings. The topological polar surface area (TPSA) is 77.8 Å². The van der Waals surface area contributed by atoms with Gasteiger partial charge >= 0.3 is 0 Å². The molecule has 0 saturated carbocycles. The third-order valence-electron chi connectivity index (χ3n) is 5.61. The van der Waals surface area contributed by atoms with Gasteiger partial charge in [-0.15, -0.1) is 0 Å². The lowest BCUT2D eigenvalue weighted by Crippen LogP contribution is -2.24. The zero-order chi connectivity index (χ0) is 23.6. The fourth-order valence-corrected chi connectivity index (χ4v) is 4.71. The summed E-state index contributed by atoms with van der Waals surface area (Å²) in [6.45, 7) is 0.455. The van der Waals surface area contributed by atoms with Crippen LogP contribution in [-0.4, -0.2) is 27.3 Å². The monoisotopic (exact) mass is 480 g/mol. The number of carbonyl (C=O) groups excluding carboxylic acids is 1. The van der Waals surface area contributed by atoms with E-state index in [-0.39, 0.29) is 19.2 Å². The van der Waals surface area contributed by atoms with Crippen LogP contribution in [0, 0.1) is 0 Å². The van der Waals surface area contributed by atoms with Crippen LogP contribution < -0.4 is 14.8 Å². The van der Waals surface area contributed by atoms with Crippen molar-refractivity contribution in [3.05, 3.63) is 102 Å². The number of imidazole rings is 1. The van der Waals surface area contributed by atoms with Crippen LogP contribution in [0.2, 0.25) is 0 Å². The maximum absolute atomic E-state index is 12.8. The fourth-order valence-electron chi connectivity index (χ4n) is 3.92. The summed E-state index contributed by atoms with van der Waals surface area (Å²) in [5.41, 5.74) is 3.66. The minimum Gasteiger partial charge on any atom is -0.454 e. The molecule has 5 aromatic rings. The molecule has 0 atom stereocenters. The smallest absolute Gasteiger partial charge is 0.251 e. The van der Waals surface area contributed by atoms with E-state index in [0.29, 0.717) is 22.7 Å². The normalized spacial score (nSPS) is 12.1. The SMILES string of the molecule is O=C(NCc1c(-c2ccc3c(c2)OCO3)nc2ccc(Sc3ccccc3)nn12)c1ccccc1. The van der Waals surface area contributed by atoms with E-state index in [9.17, 15) is 4.79 Å². The number of benzene rings is 3. The second kappa shape index (κ2) is 9.15. The summed E-state index contributed by atoms with van der Waals surface area (Å²) < 4.78 is 12.8. The number of ether oxygens (including phenoxy) is 2. The molecule has 0 spiro atoms. The third kappa shape index (κ3) is 4.31. The van der Waals surface area contributed by atoms with Gasteiger partial charge in [-0.1, -0.05) is 48.2 Å². The minimum absolute atomic E-state index is 0.160. The summed E-state index contributed by atoms with van der Waals surface area (Å²) >= 11 is 1.57. The molecule has 8 heteroatoms. The number of hydrogen-bond acceptors (Lipinski definition) is 6. The molecule has 7 nitrogen and oxygen atoms in total. The van der Waals surface area contributed by atoms with Gasteiger partial charge in [0.25, 0.3) is 5.91 Å². The van der Waals surface area contributed by atoms with Gasteiger partial charge in [-0.2, -0.15) is 5.10 Å². The van der Waals surface area contributed by atoms with E-state index in [1.807, 2.05) is 78.9 Å². The van der Waals surface area contributed by atoms with E-state index in [2.05, 4.69) is 5.32 Å². The highest BCUT2D eigenvalue weighted by atomic mass is 32.2. The van der Waals surface area contributed by atoms with Crippen molar-refractivity contribution in [3.8, 4) is 22.8 Å². The zero-order valence-electron chi connectivity index (χ0n) is 18.5. The molecule has 1 amide bonds. The molecule has 3 heterocycles. The number of nitrogens with zero attached hydrogens (tertiary/aromatic N) is 3. The summed E-state index contributed by atoms with van der Waals surface area (Å²) in [6, 6.07) is 28.8. The first kappa shape index (κ1) is 21.2. The number of carbonyl (C=O) groups is 1. The average molecular weight is 481 g/mol. The predicted molar refractivity (Wildman–Crippen MR) is 133 cm³/mol. The Kier molecular flexibility index (Phi) is 5.56. The van der Waals surface area contributed by atoms with Crippen LogP contribution in [0.4, 0.5) is 0 Å². The minimum atomic E-state index is -0.160. The summed E-state index contributed by atoms with van der Waals surface area (Å²) in [5, 5.41) is 8.70. The number of rotatable bonds is 6. The Morgan fingerprint density at radius 2 is 1.69 bits per heavy atom. The van der Waals surface area contributed by atoms with Crippen molar-refractivity contribution in [1.29, 1.82) is 0 Å². The van der Waals surface area contributed by atoms with Gasteiger partial charge < -0.3 is 14.8 Å². The van der Waals surface area contributed by atoms with Crippen molar-refractivity contribution >= 4 is 23.3 Å². The summed E-state index contributed by atoms with van der Waals surface area (Å²) in [6.07, 6.45) is 0. The van der Waals surface area contributed by atoms with Crippen LogP contribution in [0.1, 0.15) is 16.1 Å². The van der Waals surface area contributed by atoms with Crippen molar-refractivity contribution in [2.45, 2.75) is 16.5 Å². The van der Waals surface area contributed by atoms with Crippen LogP contribution in [0.3, 0.4) is 0 Å².